The third kappa shape index (κ3) is 6.21. The van der Waals surface area contributed by atoms with E-state index in [0.29, 0.717) is 30.7 Å². The molecule has 0 saturated carbocycles. The van der Waals surface area contributed by atoms with Crippen molar-refractivity contribution in [3.8, 4) is 0 Å². The van der Waals surface area contributed by atoms with Gasteiger partial charge in [0, 0.05) is 25.5 Å². The highest BCUT2D eigenvalue weighted by molar-refractivity contribution is 5.76. The molecule has 30 heavy (non-hydrogen) atoms. The Morgan fingerprint density at radius 1 is 1.17 bits per heavy atom. The largest absolute Gasteiger partial charge is 0.469 e. The van der Waals surface area contributed by atoms with Crippen LogP contribution in [0, 0.1) is 11.8 Å². The van der Waals surface area contributed by atoms with Crippen LogP contribution in [0.2, 0.25) is 0 Å². The number of nitrogens with one attached hydrogen (secondary N) is 1. The van der Waals surface area contributed by atoms with Crippen molar-refractivity contribution in [3.63, 3.8) is 0 Å². The first kappa shape index (κ1) is 22.6. The summed E-state index contributed by atoms with van der Waals surface area (Å²) in [5.41, 5.74) is 1.29. The molecular weight excluding hydrogens is 374 g/mol. The van der Waals surface area contributed by atoms with E-state index in [2.05, 4.69) is 63.3 Å². The molecule has 4 heteroatoms. The third-order valence-electron chi connectivity index (χ3n) is 6.43. The van der Waals surface area contributed by atoms with E-state index >= 15 is 0 Å². The molecule has 1 amide bonds. The summed E-state index contributed by atoms with van der Waals surface area (Å²) in [7, 11) is 0. The fraction of sp³-hybridized carbons (Fsp3) is 0.577. The highest BCUT2D eigenvalue weighted by Gasteiger charge is 2.34. The number of rotatable bonds is 9. The van der Waals surface area contributed by atoms with Gasteiger partial charge in [0.25, 0.3) is 0 Å². The van der Waals surface area contributed by atoms with E-state index in [0.717, 1.165) is 31.6 Å². The summed E-state index contributed by atoms with van der Waals surface area (Å²) in [6.45, 7) is 10.1. The predicted octanol–water partition coefficient (Wildman–Crippen LogP) is 5.90. The number of benzene rings is 1. The summed E-state index contributed by atoms with van der Waals surface area (Å²) < 4.78 is 11.5. The van der Waals surface area contributed by atoms with Gasteiger partial charge in [0.1, 0.15) is 5.76 Å². The smallest absolute Gasteiger partial charge is 0.220 e. The summed E-state index contributed by atoms with van der Waals surface area (Å²) >= 11 is 0. The maximum absolute atomic E-state index is 12.7. The molecule has 0 unspecified atom stereocenters. The van der Waals surface area contributed by atoms with Gasteiger partial charge < -0.3 is 14.5 Å². The molecule has 2 aromatic rings. The van der Waals surface area contributed by atoms with Gasteiger partial charge in [-0.05, 0) is 68.6 Å². The van der Waals surface area contributed by atoms with Crippen LogP contribution in [0.15, 0.2) is 53.1 Å². The molecule has 0 bridgehead atoms. The molecule has 0 spiro atoms. The minimum absolute atomic E-state index is 0.0767. The van der Waals surface area contributed by atoms with Gasteiger partial charge in [0.2, 0.25) is 5.91 Å². The minimum atomic E-state index is -0.0767. The Balaban J connectivity index is 1.59. The number of carbonyl (C=O) groups excluding carboxylic acids is 1. The second-order valence-corrected chi connectivity index (χ2v) is 9.59. The van der Waals surface area contributed by atoms with Crippen LogP contribution in [0.3, 0.4) is 0 Å². The minimum Gasteiger partial charge on any atom is -0.469 e. The first-order valence-corrected chi connectivity index (χ1v) is 11.3. The second-order valence-electron chi connectivity index (χ2n) is 9.59. The van der Waals surface area contributed by atoms with E-state index in [1.807, 2.05) is 12.1 Å². The van der Waals surface area contributed by atoms with E-state index < -0.39 is 0 Å². The zero-order valence-electron chi connectivity index (χ0n) is 18.9. The standard InChI is InChI=1S/C26H37NO3/c1-19(2)23(24-11-8-15-29-24)17-25(28)27-14-12-22(20-9-6-5-7-10-20)21-13-16-30-26(3,4)18-21/h5-11,15,19,21-23H,12-14,16-18H2,1-4H3,(H,27,28)/t21-,22-,23-/m0/s1. The van der Waals surface area contributed by atoms with Crippen LogP contribution in [0.25, 0.3) is 0 Å². The SMILES string of the molecule is CC(C)[C@H](CC(=O)NCC[C@@H](c1ccccc1)[C@H]1CCOC(C)(C)C1)c1ccco1. The van der Waals surface area contributed by atoms with Gasteiger partial charge in [-0.25, -0.2) is 0 Å². The first-order valence-electron chi connectivity index (χ1n) is 11.3. The Morgan fingerprint density at radius 3 is 2.57 bits per heavy atom. The topological polar surface area (TPSA) is 51.5 Å². The molecule has 1 aliphatic heterocycles. The van der Waals surface area contributed by atoms with Crippen molar-refractivity contribution in [1.82, 2.24) is 5.32 Å². The van der Waals surface area contributed by atoms with Gasteiger partial charge in [-0.2, -0.15) is 0 Å². The van der Waals surface area contributed by atoms with Crippen LogP contribution in [-0.4, -0.2) is 24.7 Å². The lowest BCUT2D eigenvalue weighted by Crippen LogP contribution is -2.37. The second kappa shape index (κ2) is 10.3. The van der Waals surface area contributed by atoms with Crippen LogP contribution >= 0.6 is 0 Å². The number of hydrogen-bond donors (Lipinski definition) is 1. The van der Waals surface area contributed by atoms with Crippen LogP contribution in [0.1, 0.15) is 76.5 Å². The van der Waals surface area contributed by atoms with E-state index in [1.54, 1.807) is 6.26 Å². The maximum Gasteiger partial charge on any atom is 0.220 e. The third-order valence-corrected chi connectivity index (χ3v) is 6.43. The molecule has 0 radical (unpaired) electrons. The zero-order valence-corrected chi connectivity index (χ0v) is 18.9. The Morgan fingerprint density at radius 2 is 1.93 bits per heavy atom. The molecule has 1 aromatic carbocycles. The number of ether oxygens (including phenoxy) is 1. The number of amides is 1. The molecule has 2 heterocycles. The Bertz CT molecular complexity index is 767. The quantitative estimate of drug-likeness (QED) is 0.558. The summed E-state index contributed by atoms with van der Waals surface area (Å²) in [5.74, 6) is 2.46. The van der Waals surface area contributed by atoms with Gasteiger partial charge in [-0.3, -0.25) is 4.79 Å². The fourth-order valence-electron chi connectivity index (χ4n) is 4.80. The average Bonchev–Trinajstić information content (AvgIpc) is 3.23. The lowest BCUT2D eigenvalue weighted by Gasteiger charge is -2.39. The summed E-state index contributed by atoms with van der Waals surface area (Å²) in [5, 5.41) is 3.18. The molecule has 0 aliphatic carbocycles. The van der Waals surface area contributed by atoms with Crippen LogP contribution in [0.4, 0.5) is 0 Å². The van der Waals surface area contributed by atoms with Crippen molar-refractivity contribution in [3.05, 3.63) is 60.1 Å². The summed E-state index contributed by atoms with van der Waals surface area (Å²) in [4.78, 5) is 12.7. The normalized spacial score (nSPS) is 20.6. The van der Waals surface area contributed by atoms with Crippen LogP contribution in [-0.2, 0) is 9.53 Å². The molecule has 1 saturated heterocycles. The number of carbonyl (C=O) groups is 1. The van der Waals surface area contributed by atoms with E-state index in [9.17, 15) is 4.79 Å². The fourth-order valence-corrected chi connectivity index (χ4v) is 4.80. The van der Waals surface area contributed by atoms with Crippen molar-refractivity contribution in [2.75, 3.05) is 13.2 Å². The Labute approximate surface area is 181 Å². The molecule has 1 fully saturated rings. The van der Waals surface area contributed by atoms with Gasteiger partial charge >= 0.3 is 0 Å². The highest BCUT2D eigenvalue weighted by atomic mass is 16.5. The zero-order chi connectivity index (χ0) is 21.6. The van der Waals surface area contributed by atoms with Gasteiger partial charge in [0.15, 0.2) is 0 Å². The van der Waals surface area contributed by atoms with Crippen molar-refractivity contribution < 1.29 is 13.9 Å². The molecule has 1 aliphatic rings. The van der Waals surface area contributed by atoms with Gasteiger partial charge in [-0.15, -0.1) is 0 Å². The van der Waals surface area contributed by atoms with Crippen molar-refractivity contribution in [2.24, 2.45) is 11.8 Å². The van der Waals surface area contributed by atoms with Crippen LogP contribution < -0.4 is 5.32 Å². The van der Waals surface area contributed by atoms with Crippen molar-refractivity contribution in [1.29, 1.82) is 0 Å². The molecule has 1 N–H and O–H groups in total. The summed E-state index contributed by atoms with van der Waals surface area (Å²) in [6.07, 6.45) is 5.22. The van der Waals surface area contributed by atoms with E-state index in [4.69, 9.17) is 9.15 Å². The molecule has 164 valence electrons. The number of hydrogen-bond acceptors (Lipinski definition) is 3. The van der Waals surface area contributed by atoms with Crippen molar-refractivity contribution in [2.45, 2.75) is 70.8 Å². The van der Waals surface area contributed by atoms with Gasteiger partial charge in [-0.1, -0.05) is 44.2 Å². The monoisotopic (exact) mass is 411 g/mol. The lowest BCUT2D eigenvalue weighted by molar-refractivity contribution is -0.121. The maximum atomic E-state index is 12.7. The number of furan rings is 1. The molecule has 3 rings (SSSR count). The summed E-state index contributed by atoms with van der Waals surface area (Å²) in [6, 6.07) is 14.6. The first-order chi connectivity index (χ1) is 14.4. The van der Waals surface area contributed by atoms with Gasteiger partial charge in [0.05, 0.1) is 11.9 Å². The Hall–Kier alpha value is -2.07. The predicted molar refractivity (Wildman–Crippen MR) is 120 cm³/mol. The average molecular weight is 412 g/mol. The molecule has 1 aromatic heterocycles. The van der Waals surface area contributed by atoms with Crippen LogP contribution in [0.5, 0.6) is 0 Å². The molecule has 3 atom stereocenters. The highest BCUT2D eigenvalue weighted by Crippen LogP contribution is 2.39. The van der Waals surface area contributed by atoms with E-state index in [1.165, 1.54) is 5.56 Å². The molecular formula is C26H37NO3. The Kier molecular flexibility index (Phi) is 7.76. The van der Waals surface area contributed by atoms with E-state index in [-0.39, 0.29) is 17.4 Å². The lowest BCUT2D eigenvalue weighted by atomic mass is 9.75. The van der Waals surface area contributed by atoms with Crippen molar-refractivity contribution >= 4 is 5.91 Å². The molecule has 4 nitrogen and oxygen atoms in total.